The average Bonchev–Trinajstić information content (AvgIpc) is 1.59. The van der Waals surface area contributed by atoms with Crippen LogP contribution in [-0.2, 0) is 0 Å². The van der Waals surface area contributed by atoms with Crippen molar-refractivity contribution in [3.05, 3.63) is 410 Å². The van der Waals surface area contributed by atoms with E-state index in [9.17, 15) is 0 Å². The number of para-hydroxylation sites is 1. The Kier molecular flexibility index (Phi) is 21.5. The van der Waals surface area contributed by atoms with E-state index in [0.29, 0.717) is 0 Å². The van der Waals surface area contributed by atoms with Crippen LogP contribution < -0.4 is 0 Å². The molecule has 0 aliphatic rings. The van der Waals surface area contributed by atoms with Crippen LogP contribution in [0.4, 0.5) is 0 Å². The predicted octanol–water partition coefficient (Wildman–Crippen LogP) is 37.6. The minimum absolute atomic E-state index is 0.930. The molecule has 24 rings (SSSR count). The van der Waals surface area contributed by atoms with Crippen molar-refractivity contribution >= 4 is 277 Å². The summed E-state index contributed by atoms with van der Waals surface area (Å²) < 4.78 is 22.4. The number of furan rings is 1. The highest BCUT2D eigenvalue weighted by atomic mass is 79.9. The van der Waals surface area contributed by atoms with E-state index in [0.717, 1.165) is 44.3 Å². The highest BCUT2D eigenvalue weighted by Gasteiger charge is 2.18. The predicted molar refractivity (Wildman–Crippen MR) is 541 cm³/mol. The van der Waals surface area contributed by atoms with Crippen molar-refractivity contribution < 1.29 is 4.42 Å². The number of benzene rings is 19. The van der Waals surface area contributed by atoms with Crippen LogP contribution in [0.1, 0.15) is 12.5 Å². The second kappa shape index (κ2) is 33.3. The van der Waals surface area contributed by atoms with Gasteiger partial charge in [0.1, 0.15) is 11.2 Å². The molecule has 0 aliphatic heterocycles. The van der Waals surface area contributed by atoms with Gasteiger partial charge in [0.2, 0.25) is 0 Å². The highest BCUT2D eigenvalue weighted by Crippen LogP contribution is 2.48. The molecule has 0 aliphatic carbocycles. The summed E-state index contributed by atoms with van der Waals surface area (Å²) in [5, 5.41) is 23.6. The first-order valence-electron chi connectivity index (χ1n) is 39.2. The maximum absolute atomic E-state index is 5.94. The second-order valence-electron chi connectivity index (χ2n) is 29.5. The van der Waals surface area contributed by atoms with Gasteiger partial charge in [-0.25, -0.2) is 0 Å². The van der Waals surface area contributed by atoms with Crippen LogP contribution in [-0.4, -0.2) is 0 Å². The Balaban J connectivity index is 0.0000000959. The van der Waals surface area contributed by atoms with Crippen LogP contribution in [0.15, 0.2) is 409 Å². The van der Waals surface area contributed by atoms with Crippen molar-refractivity contribution in [3.63, 3.8) is 0 Å². The van der Waals surface area contributed by atoms with Gasteiger partial charge in [0.25, 0.3) is 0 Å². The third kappa shape index (κ3) is 15.6. The molecule has 0 bridgehead atoms. The number of thiophene rings is 4. The number of halogens is 5. The SMILES string of the molecule is Brc1ccc(-c2ccc3c(c2)sc2cc4ccccc4cc23)cc1.Brc1ccc(-c2cccc(-c3ccc4oc5ccccc5c4c3)c2)cc1.Brc1ccc2cc3sc4ccccc4c3cc2c1.Brc1cccc(-c2cc3ccccc3c3sc4cc5ccccc5cc4c23)c1.C/C=C/c1cccc2sc3ccc(-c4ccc(Br)cc4)cc3c12. The third-order valence-corrected chi connectivity index (χ3v) is 29.2. The fourth-order valence-electron chi connectivity index (χ4n) is 16.3. The third-order valence-electron chi connectivity index (χ3n) is 22.1. The summed E-state index contributed by atoms with van der Waals surface area (Å²) in [5.41, 5.74) is 15.6. The zero-order chi connectivity index (χ0) is 80.2. The van der Waals surface area contributed by atoms with E-state index in [1.54, 1.807) is 0 Å². The lowest BCUT2D eigenvalue weighted by molar-refractivity contribution is 0.669. The van der Waals surface area contributed by atoms with E-state index < -0.39 is 0 Å². The first-order chi connectivity index (χ1) is 58.4. The Bertz CT molecular complexity index is 8070. The largest absolute Gasteiger partial charge is 0.456 e. The molecular formula is C109H67Br5OS4. The van der Waals surface area contributed by atoms with Gasteiger partial charge in [0, 0.05) is 114 Å². The van der Waals surface area contributed by atoms with E-state index in [-0.39, 0.29) is 0 Å². The molecule has 5 heterocycles. The van der Waals surface area contributed by atoms with Crippen molar-refractivity contribution in [1.82, 2.24) is 0 Å². The van der Waals surface area contributed by atoms with Crippen molar-refractivity contribution in [2.45, 2.75) is 6.92 Å². The Labute approximate surface area is 746 Å². The van der Waals surface area contributed by atoms with Crippen LogP contribution in [0.5, 0.6) is 0 Å². The van der Waals surface area contributed by atoms with Gasteiger partial charge < -0.3 is 4.42 Å². The lowest BCUT2D eigenvalue weighted by atomic mass is 9.95. The maximum atomic E-state index is 5.94. The molecule has 5 aromatic heterocycles. The Hall–Kier alpha value is -11.0. The Morgan fingerprint density at radius 3 is 1.33 bits per heavy atom. The molecule has 1 nitrogen and oxygen atoms in total. The molecular weight excluding hydrogens is 1850 g/mol. The van der Waals surface area contributed by atoms with Gasteiger partial charge in [-0.3, -0.25) is 0 Å². The summed E-state index contributed by atoms with van der Waals surface area (Å²) in [5.74, 6) is 0. The molecule has 0 radical (unpaired) electrons. The Morgan fingerprint density at radius 2 is 0.647 bits per heavy atom. The van der Waals surface area contributed by atoms with Gasteiger partial charge in [0.15, 0.2) is 0 Å². The summed E-state index contributed by atoms with van der Waals surface area (Å²) in [6.07, 6.45) is 4.30. The number of hydrogen-bond acceptors (Lipinski definition) is 5. The fraction of sp³-hybridized carbons (Fsp3) is 0.00917. The van der Waals surface area contributed by atoms with Crippen LogP contribution >= 0.6 is 125 Å². The molecule has 0 fully saturated rings. The summed E-state index contributed by atoms with van der Waals surface area (Å²) in [6.45, 7) is 2.07. The molecule has 0 N–H and O–H groups in total. The maximum Gasteiger partial charge on any atom is 0.135 e. The summed E-state index contributed by atoms with van der Waals surface area (Å²) in [6, 6.07) is 135. The lowest BCUT2D eigenvalue weighted by Gasteiger charge is -2.09. The monoisotopic (exact) mass is 1910 g/mol. The zero-order valence-electron chi connectivity index (χ0n) is 63.9. The molecule has 0 spiro atoms. The van der Waals surface area contributed by atoms with Crippen LogP contribution in [0.3, 0.4) is 0 Å². The van der Waals surface area contributed by atoms with Gasteiger partial charge in [-0.1, -0.05) is 310 Å². The summed E-state index contributed by atoms with van der Waals surface area (Å²) in [4.78, 5) is 0. The van der Waals surface area contributed by atoms with E-state index in [2.05, 4.69) is 463 Å². The van der Waals surface area contributed by atoms with Crippen LogP contribution in [0.2, 0.25) is 0 Å². The zero-order valence-corrected chi connectivity index (χ0v) is 75.1. The van der Waals surface area contributed by atoms with E-state index in [1.807, 2.05) is 57.5 Å². The van der Waals surface area contributed by atoms with Gasteiger partial charge in [-0.2, -0.15) is 0 Å². The molecule has 0 unspecified atom stereocenters. The normalized spacial score (nSPS) is 11.6. The quantitative estimate of drug-likeness (QED) is 0.162. The number of hydrogen-bond donors (Lipinski definition) is 0. The number of fused-ring (bicyclic) bond motifs is 20. The summed E-state index contributed by atoms with van der Waals surface area (Å²) >= 11 is 25.2. The van der Waals surface area contributed by atoms with Crippen molar-refractivity contribution in [2.24, 2.45) is 0 Å². The standard InChI is InChI=1S/C26H15BrS.C24H15BrO.C22H13BrS.C21H15BrS.C16H9BrS/c27-20-10-5-9-18(12-20)22-14-19-8-3-4-11-21(19)26-25(22)23-13-16-6-1-2-7-17(16)15-24(23)28-26;25-20-11-8-16(9-12-20)17-4-3-5-18(14-17)19-10-13-24-22(15-19)21-6-1-2-7-23(21)26-24;23-18-8-5-14(6-9-18)17-7-10-19-20-11-15-3-1-2-4-16(15)12-22(20)24-21(19)13-17;1-2-4-15-5-3-6-20-21(15)18-13-16(9-12-19(18)23-20)14-7-10-17(22)11-8-14;17-12-6-5-10-9-16-14(8-11(10)7-12)13-3-1-2-4-15(13)18-16/h1-15H;1-15H;1-13H;2-13H,1H3;1-9H/b;;;4-2+;. The molecule has 10 heteroatoms. The van der Waals surface area contributed by atoms with Gasteiger partial charge in [-0.15, -0.1) is 45.3 Å². The van der Waals surface area contributed by atoms with E-state index in [1.165, 1.54) is 185 Å². The lowest BCUT2D eigenvalue weighted by Crippen LogP contribution is -1.82. The molecule has 0 saturated carbocycles. The average molecular weight is 1920 g/mol. The van der Waals surface area contributed by atoms with E-state index in [4.69, 9.17) is 4.42 Å². The first kappa shape index (κ1) is 76.7. The van der Waals surface area contributed by atoms with Crippen LogP contribution in [0.25, 0.3) is 207 Å². The highest BCUT2D eigenvalue weighted by molar-refractivity contribution is 9.11. The fourth-order valence-corrected chi connectivity index (χ4v) is 22.6. The van der Waals surface area contributed by atoms with Crippen molar-refractivity contribution in [3.8, 4) is 55.6 Å². The number of rotatable bonds is 6. The topological polar surface area (TPSA) is 13.1 Å². The molecule has 568 valence electrons. The number of allylic oxidation sites excluding steroid dienone is 1. The molecule has 119 heavy (non-hydrogen) atoms. The minimum atomic E-state index is 0.930. The van der Waals surface area contributed by atoms with Crippen molar-refractivity contribution in [1.29, 1.82) is 0 Å². The molecule has 19 aromatic carbocycles. The van der Waals surface area contributed by atoms with Crippen LogP contribution in [0, 0.1) is 0 Å². The summed E-state index contributed by atoms with van der Waals surface area (Å²) in [7, 11) is 0. The first-order valence-corrected chi connectivity index (χ1v) is 46.4. The second-order valence-corrected chi connectivity index (χ2v) is 38.4. The molecule has 0 amide bonds. The van der Waals surface area contributed by atoms with Gasteiger partial charge in [0.05, 0.1) is 0 Å². The van der Waals surface area contributed by atoms with Gasteiger partial charge >= 0.3 is 0 Å². The van der Waals surface area contributed by atoms with Crippen molar-refractivity contribution in [2.75, 3.05) is 0 Å². The molecule has 0 saturated heterocycles. The Morgan fingerprint density at radius 1 is 0.218 bits per heavy atom. The molecule has 24 aromatic rings. The smallest absolute Gasteiger partial charge is 0.135 e. The molecule has 0 atom stereocenters. The minimum Gasteiger partial charge on any atom is -0.456 e. The van der Waals surface area contributed by atoms with E-state index >= 15 is 0 Å². The van der Waals surface area contributed by atoms with Gasteiger partial charge in [-0.05, 0) is 269 Å².